The number of aromatic nitrogens is 3. The lowest BCUT2D eigenvalue weighted by atomic mass is 10.1. The van der Waals surface area contributed by atoms with Gasteiger partial charge in [0, 0.05) is 6.92 Å². The van der Waals surface area contributed by atoms with E-state index in [0.29, 0.717) is 5.69 Å². The first kappa shape index (κ1) is 10.5. The number of aryl methyl sites for hydroxylation is 2. The van der Waals surface area contributed by atoms with Gasteiger partial charge in [-0.3, -0.25) is 4.79 Å². The van der Waals surface area contributed by atoms with E-state index in [1.165, 1.54) is 6.92 Å². The third kappa shape index (κ3) is 2.00. The van der Waals surface area contributed by atoms with Crippen molar-refractivity contribution < 1.29 is 4.79 Å². The van der Waals surface area contributed by atoms with Gasteiger partial charge in [0.15, 0.2) is 5.78 Å². The highest BCUT2D eigenvalue weighted by molar-refractivity contribution is 5.91. The minimum absolute atomic E-state index is 0.0735. The summed E-state index contributed by atoms with van der Waals surface area (Å²) in [5, 5.41) is 7.75. The Morgan fingerprint density at radius 3 is 2.31 bits per heavy atom. The highest BCUT2D eigenvalue weighted by Gasteiger charge is 2.06. The van der Waals surface area contributed by atoms with Crippen LogP contribution in [0.2, 0.25) is 0 Å². The Hall–Kier alpha value is -1.97. The van der Waals surface area contributed by atoms with Gasteiger partial charge < -0.3 is 0 Å². The number of carbonyl (C=O) groups is 1. The first-order valence-corrected chi connectivity index (χ1v) is 5.08. The fourth-order valence-corrected chi connectivity index (χ4v) is 1.63. The Bertz CT molecular complexity index is 523. The van der Waals surface area contributed by atoms with Crippen molar-refractivity contribution >= 4 is 5.78 Å². The molecule has 0 radical (unpaired) electrons. The molecule has 0 N–H and O–H groups in total. The van der Waals surface area contributed by atoms with Crippen LogP contribution in [0.3, 0.4) is 0 Å². The maximum atomic E-state index is 11.1. The predicted octanol–water partition coefficient (Wildman–Crippen LogP) is 2.09. The van der Waals surface area contributed by atoms with E-state index in [1.54, 1.807) is 10.9 Å². The van der Waals surface area contributed by atoms with Crippen molar-refractivity contribution in [1.29, 1.82) is 0 Å². The van der Waals surface area contributed by atoms with Crippen LogP contribution >= 0.6 is 0 Å². The molecule has 0 fully saturated rings. The lowest BCUT2D eigenvalue weighted by Gasteiger charge is -2.03. The molecule has 0 aliphatic heterocycles. The van der Waals surface area contributed by atoms with Crippen LogP contribution in [0.15, 0.2) is 24.4 Å². The van der Waals surface area contributed by atoms with Crippen LogP contribution < -0.4 is 0 Å². The average Bonchev–Trinajstić information content (AvgIpc) is 2.64. The van der Waals surface area contributed by atoms with Crippen molar-refractivity contribution in [3.8, 4) is 5.69 Å². The van der Waals surface area contributed by atoms with Crippen LogP contribution in [0.1, 0.15) is 28.5 Å². The van der Waals surface area contributed by atoms with Crippen molar-refractivity contribution in [3.05, 3.63) is 41.2 Å². The van der Waals surface area contributed by atoms with Crippen molar-refractivity contribution in [2.75, 3.05) is 0 Å². The SMILES string of the molecule is CC(=O)c1cn(-c2cc(C)cc(C)c2)nn1. The molecule has 82 valence electrons. The van der Waals surface area contributed by atoms with Crippen LogP contribution in [0.5, 0.6) is 0 Å². The zero-order valence-corrected chi connectivity index (χ0v) is 9.56. The molecule has 16 heavy (non-hydrogen) atoms. The Kier molecular flexibility index (Phi) is 2.56. The fourth-order valence-electron chi connectivity index (χ4n) is 1.63. The van der Waals surface area contributed by atoms with E-state index in [-0.39, 0.29) is 5.78 Å². The molecule has 0 spiro atoms. The number of nitrogens with zero attached hydrogens (tertiary/aromatic N) is 3. The number of hydrogen-bond acceptors (Lipinski definition) is 3. The normalized spacial score (nSPS) is 10.4. The fraction of sp³-hybridized carbons (Fsp3) is 0.250. The van der Waals surface area contributed by atoms with Gasteiger partial charge >= 0.3 is 0 Å². The second-order valence-corrected chi connectivity index (χ2v) is 3.95. The number of carbonyl (C=O) groups excluding carboxylic acids is 1. The lowest BCUT2D eigenvalue weighted by molar-refractivity contribution is 0.101. The highest BCUT2D eigenvalue weighted by atomic mass is 16.1. The molecule has 0 bridgehead atoms. The van der Waals surface area contributed by atoms with Gasteiger partial charge in [-0.25, -0.2) is 4.68 Å². The molecule has 0 unspecified atom stereocenters. The topological polar surface area (TPSA) is 47.8 Å². The van der Waals surface area contributed by atoms with Gasteiger partial charge in [0.25, 0.3) is 0 Å². The predicted molar refractivity (Wildman–Crippen MR) is 60.8 cm³/mol. The maximum Gasteiger partial charge on any atom is 0.181 e. The second kappa shape index (κ2) is 3.89. The molecule has 0 saturated heterocycles. The Morgan fingerprint density at radius 1 is 1.19 bits per heavy atom. The van der Waals surface area contributed by atoms with Crippen molar-refractivity contribution in [2.24, 2.45) is 0 Å². The van der Waals surface area contributed by atoms with Crippen molar-refractivity contribution in [3.63, 3.8) is 0 Å². The Morgan fingerprint density at radius 2 is 1.81 bits per heavy atom. The van der Waals surface area contributed by atoms with Crippen LogP contribution in [-0.2, 0) is 0 Å². The molecule has 0 aliphatic carbocycles. The lowest BCUT2D eigenvalue weighted by Crippen LogP contribution is -1.96. The summed E-state index contributed by atoms with van der Waals surface area (Å²) in [5.41, 5.74) is 3.64. The van der Waals surface area contributed by atoms with Crippen LogP contribution in [0.25, 0.3) is 5.69 Å². The molecule has 1 aromatic carbocycles. The third-order valence-electron chi connectivity index (χ3n) is 2.33. The number of Topliss-reactive ketones (excluding diaryl/α,β-unsaturated/α-hetero) is 1. The van der Waals surface area contributed by atoms with Crippen LogP contribution in [0.4, 0.5) is 0 Å². The first-order valence-electron chi connectivity index (χ1n) is 5.08. The molecule has 0 aliphatic rings. The quantitative estimate of drug-likeness (QED) is 0.721. The van der Waals surface area contributed by atoms with E-state index in [2.05, 4.69) is 16.4 Å². The third-order valence-corrected chi connectivity index (χ3v) is 2.33. The summed E-state index contributed by atoms with van der Waals surface area (Å²) in [6.07, 6.45) is 1.65. The van der Waals surface area contributed by atoms with E-state index >= 15 is 0 Å². The molecule has 2 aromatic rings. The van der Waals surface area contributed by atoms with E-state index in [0.717, 1.165) is 16.8 Å². The summed E-state index contributed by atoms with van der Waals surface area (Å²) >= 11 is 0. The monoisotopic (exact) mass is 215 g/mol. The molecule has 0 saturated carbocycles. The van der Waals surface area contributed by atoms with Crippen molar-refractivity contribution in [2.45, 2.75) is 20.8 Å². The van der Waals surface area contributed by atoms with E-state index in [1.807, 2.05) is 26.0 Å². The summed E-state index contributed by atoms with van der Waals surface area (Å²) in [5.74, 6) is -0.0735. The largest absolute Gasteiger partial charge is 0.293 e. The molecular formula is C12H13N3O. The van der Waals surface area contributed by atoms with E-state index in [9.17, 15) is 4.79 Å². The summed E-state index contributed by atoms with van der Waals surface area (Å²) in [6.45, 7) is 5.54. The van der Waals surface area contributed by atoms with Gasteiger partial charge in [-0.1, -0.05) is 11.3 Å². The molecule has 0 atom stereocenters. The molecule has 4 heteroatoms. The number of rotatable bonds is 2. The zero-order valence-electron chi connectivity index (χ0n) is 9.56. The minimum atomic E-state index is -0.0735. The van der Waals surface area contributed by atoms with Gasteiger partial charge in [-0.2, -0.15) is 0 Å². The smallest absolute Gasteiger partial charge is 0.181 e. The highest BCUT2D eigenvalue weighted by Crippen LogP contribution is 2.12. The Balaban J connectivity index is 2.46. The molecule has 1 heterocycles. The van der Waals surface area contributed by atoms with Gasteiger partial charge in [0.05, 0.1) is 11.9 Å². The summed E-state index contributed by atoms with van der Waals surface area (Å²) in [4.78, 5) is 11.1. The van der Waals surface area contributed by atoms with E-state index in [4.69, 9.17) is 0 Å². The number of benzene rings is 1. The summed E-state index contributed by atoms with van der Waals surface area (Å²) in [6, 6.07) is 6.10. The molecule has 0 amide bonds. The van der Waals surface area contributed by atoms with Crippen LogP contribution in [-0.4, -0.2) is 20.8 Å². The summed E-state index contributed by atoms with van der Waals surface area (Å²) < 4.78 is 1.62. The number of ketones is 1. The van der Waals surface area contributed by atoms with E-state index < -0.39 is 0 Å². The molecule has 2 rings (SSSR count). The Labute approximate surface area is 93.9 Å². The molecule has 4 nitrogen and oxygen atoms in total. The van der Waals surface area contributed by atoms with Gasteiger partial charge in [-0.05, 0) is 37.1 Å². The minimum Gasteiger partial charge on any atom is -0.293 e. The molecular weight excluding hydrogens is 202 g/mol. The summed E-state index contributed by atoms with van der Waals surface area (Å²) in [7, 11) is 0. The second-order valence-electron chi connectivity index (χ2n) is 3.95. The van der Waals surface area contributed by atoms with Gasteiger partial charge in [-0.15, -0.1) is 5.10 Å². The number of hydrogen-bond donors (Lipinski definition) is 0. The molecule has 1 aromatic heterocycles. The first-order chi connectivity index (χ1) is 7.56. The maximum absolute atomic E-state index is 11.1. The van der Waals surface area contributed by atoms with Crippen LogP contribution in [0, 0.1) is 13.8 Å². The zero-order chi connectivity index (χ0) is 11.7. The van der Waals surface area contributed by atoms with Crippen molar-refractivity contribution in [1.82, 2.24) is 15.0 Å². The van der Waals surface area contributed by atoms with Gasteiger partial charge in [0.1, 0.15) is 5.69 Å². The van der Waals surface area contributed by atoms with Gasteiger partial charge in [0.2, 0.25) is 0 Å². The standard InChI is InChI=1S/C12H13N3O/c1-8-4-9(2)6-11(5-8)15-7-12(10(3)16)13-14-15/h4-7H,1-3H3. The average molecular weight is 215 g/mol.